The van der Waals surface area contributed by atoms with Crippen molar-refractivity contribution in [3.05, 3.63) is 60.8 Å². The second kappa shape index (κ2) is 7.46. The molecule has 1 aromatic carbocycles. The normalized spacial score (nSPS) is 17.0. The van der Waals surface area contributed by atoms with Crippen LogP contribution in [0.3, 0.4) is 0 Å². The zero-order chi connectivity index (χ0) is 19.6. The number of aromatic nitrogens is 6. The van der Waals surface area contributed by atoms with Crippen molar-refractivity contribution in [2.24, 2.45) is 0 Å². The fourth-order valence-electron chi connectivity index (χ4n) is 4.23. The molecule has 1 N–H and O–H groups in total. The van der Waals surface area contributed by atoms with Gasteiger partial charge in [0, 0.05) is 53.6 Å². The van der Waals surface area contributed by atoms with Gasteiger partial charge in [-0.05, 0) is 47.0 Å². The van der Waals surface area contributed by atoms with E-state index in [1.54, 1.807) is 0 Å². The van der Waals surface area contributed by atoms with Crippen molar-refractivity contribution in [1.82, 2.24) is 35.1 Å². The molecule has 1 amide bonds. The number of likely N-dealkylation sites (tertiary alicyclic amines) is 1. The first-order valence-corrected chi connectivity index (χ1v) is 9.79. The summed E-state index contributed by atoms with van der Waals surface area (Å²) in [6.45, 7) is 1.62. The van der Waals surface area contributed by atoms with Gasteiger partial charge in [0.2, 0.25) is 5.91 Å². The second-order valence-electron chi connectivity index (χ2n) is 7.38. The van der Waals surface area contributed by atoms with E-state index < -0.39 is 0 Å². The molecular formula is C21H21N7O. The highest BCUT2D eigenvalue weighted by atomic mass is 16.2. The summed E-state index contributed by atoms with van der Waals surface area (Å²) in [6, 6.07) is 12.4. The molecule has 0 aliphatic carbocycles. The Morgan fingerprint density at radius 2 is 2.03 bits per heavy atom. The molecule has 0 radical (unpaired) electrons. The first-order valence-electron chi connectivity index (χ1n) is 9.79. The number of tetrazole rings is 1. The minimum atomic E-state index is 0.0450. The highest BCUT2D eigenvalue weighted by molar-refractivity contribution is 5.97. The fraction of sp³-hybridized carbons (Fsp3) is 0.286. The Labute approximate surface area is 167 Å². The third kappa shape index (κ3) is 3.37. The molecule has 1 fully saturated rings. The van der Waals surface area contributed by atoms with Gasteiger partial charge in [0.25, 0.3) is 0 Å². The van der Waals surface area contributed by atoms with E-state index in [0.717, 1.165) is 30.5 Å². The highest BCUT2D eigenvalue weighted by Crippen LogP contribution is 2.39. The van der Waals surface area contributed by atoms with E-state index in [1.165, 1.54) is 27.7 Å². The SMILES string of the molecule is O=C(Cn1cnnn1)N1CCC[C@H](c2[nH]c3ccccc3c2-c2ccncc2)C1. The van der Waals surface area contributed by atoms with Crippen LogP contribution in [0.25, 0.3) is 22.0 Å². The Morgan fingerprint density at radius 1 is 1.17 bits per heavy atom. The standard InChI is InChI=1S/C21H21N7O/c29-19(13-28-14-23-25-26-28)27-11-3-4-16(12-27)21-20(15-7-9-22-10-8-15)17-5-1-2-6-18(17)24-21/h1-2,5-10,14,16,24H,3-4,11-13H2/t16-/m0/s1. The lowest BCUT2D eigenvalue weighted by atomic mass is 9.89. The van der Waals surface area contributed by atoms with E-state index in [-0.39, 0.29) is 18.4 Å². The van der Waals surface area contributed by atoms with E-state index in [9.17, 15) is 4.79 Å². The molecule has 29 heavy (non-hydrogen) atoms. The molecular weight excluding hydrogens is 366 g/mol. The minimum Gasteiger partial charge on any atom is -0.358 e. The predicted octanol–water partition coefficient (Wildman–Crippen LogP) is 2.62. The van der Waals surface area contributed by atoms with Gasteiger partial charge in [0.1, 0.15) is 12.9 Å². The van der Waals surface area contributed by atoms with Crippen molar-refractivity contribution in [1.29, 1.82) is 0 Å². The summed E-state index contributed by atoms with van der Waals surface area (Å²) in [5.41, 5.74) is 4.66. The number of hydrogen-bond donors (Lipinski definition) is 1. The van der Waals surface area contributed by atoms with Gasteiger partial charge in [0.15, 0.2) is 0 Å². The lowest BCUT2D eigenvalue weighted by molar-refractivity contribution is -0.133. The van der Waals surface area contributed by atoms with E-state index >= 15 is 0 Å². The maximum atomic E-state index is 12.8. The van der Waals surface area contributed by atoms with Crippen LogP contribution in [0.4, 0.5) is 0 Å². The zero-order valence-electron chi connectivity index (χ0n) is 15.9. The van der Waals surface area contributed by atoms with E-state index in [4.69, 9.17) is 0 Å². The largest absolute Gasteiger partial charge is 0.358 e. The van der Waals surface area contributed by atoms with Crippen LogP contribution >= 0.6 is 0 Å². The second-order valence-corrected chi connectivity index (χ2v) is 7.38. The quantitative estimate of drug-likeness (QED) is 0.581. The predicted molar refractivity (Wildman–Crippen MR) is 108 cm³/mol. The molecule has 0 saturated carbocycles. The van der Waals surface area contributed by atoms with Gasteiger partial charge in [-0.1, -0.05) is 18.2 Å². The van der Waals surface area contributed by atoms with Crippen molar-refractivity contribution >= 4 is 16.8 Å². The van der Waals surface area contributed by atoms with Crippen molar-refractivity contribution in [2.75, 3.05) is 13.1 Å². The molecule has 0 spiro atoms. The molecule has 1 aliphatic rings. The molecule has 3 aromatic heterocycles. The molecule has 4 aromatic rings. The Kier molecular flexibility index (Phi) is 4.51. The summed E-state index contributed by atoms with van der Waals surface area (Å²) in [5.74, 6) is 0.292. The molecule has 146 valence electrons. The smallest absolute Gasteiger partial charge is 0.244 e. The molecule has 0 unspecified atom stereocenters. The number of amides is 1. The number of benzene rings is 1. The van der Waals surface area contributed by atoms with Gasteiger partial charge < -0.3 is 9.88 Å². The number of nitrogens with zero attached hydrogens (tertiary/aromatic N) is 6. The number of hydrogen-bond acceptors (Lipinski definition) is 5. The molecule has 0 bridgehead atoms. The van der Waals surface area contributed by atoms with Crippen molar-refractivity contribution in [3.63, 3.8) is 0 Å². The maximum Gasteiger partial charge on any atom is 0.244 e. The fourth-order valence-corrected chi connectivity index (χ4v) is 4.23. The number of para-hydroxylation sites is 1. The number of fused-ring (bicyclic) bond motifs is 1. The Morgan fingerprint density at radius 3 is 2.86 bits per heavy atom. The van der Waals surface area contributed by atoms with Crippen molar-refractivity contribution < 1.29 is 4.79 Å². The number of rotatable bonds is 4. The van der Waals surface area contributed by atoms with Crippen molar-refractivity contribution in [2.45, 2.75) is 25.3 Å². The number of pyridine rings is 1. The number of H-pyrrole nitrogens is 1. The monoisotopic (exact) mass is 387 g/mol. The number of nitrogens with one attached hydrogen (secondary N) is 1. The lowest BCUT2D eigenvalue weighted by Crippen LogP contribution is -2.41. The first-order chi connectivity index (χ1) is 14.3. The van der Waals surface area contributed by atoms with Crippen LogP contribution in [0.1, 0.15) is 24.5 Å². The van der Waals surface area contributed by atoms with Crippen molar-refractivity contribution in [3.8, 4) is 11.1 Å². The number of aromatic amines is 1. The number of piperidine rings is 1. The van der Waals surface area contributed by atoms with Gasteiger partial charge in [0.05, 0.1) is 0 Å². The Hall–Kier alpha value is -3.55. The number of carbonyl (C=O) groups is 1. The van der Waals surface area contributed by atoms with Crippen LogP contribution in [0.15, 0.2) is 55.1 Å². The molecule has 8 heteroatoms. The summed E-state index contributed by atoms with van der Waals surface area (Å²) >= 11 is 0. The van der Waals surface area contributed by atoms with Gasteiger partial charge in [-0.15, -0.1) is 5.10 Å². The van der Waals surface area contributed by atoms with Gasteiger partial charge in [-0.3, -0.25) is 9.78 Å². The van der Waals surface area contributed by atoms with E-state index in [0.29, 0.717) is 6.54 Å². The summed E-state index contributed by atoms with van der Waals surface area (Å²) in [7, 11) is 0. The van der Waals surface area contributed by atoms with E-state index in [1.807, 2.05) is 35.5 Å². The van der Waals surface area contributed by atoms with Crippen LogP contribution in [0, 0.1) is 0 Å². The summed E-state index contributed by atoms with van der Waals surface area (Å²) in [4.78, 5) is 22.5. The summed E-state index contributed by atoms with van der Waals surface area (Å²) in [5, 5.41) is 12.2. The average molecular weight is 387 g/mol. The zero-order valence-corrected chi connectivity index (χ0v) is 15.9. The Balaban J connectivity index is 1.48. The van der Waals surface area contributed by atoms with E-state index in [2.05, 4.69) is 43.7 Å². The van der Waals surface area contributed by atoms with Crippen LogP contribution in [-0.4, -0.2) is 54.1 Å². The van der Waals surface area contributed by atoms with Crippen LogP contribution < -0.4 is 0 Å². The average Bonchev–Trinajstić information content (AvgIpc) is 3.42. The van der Waals surface area contributed by atoms with Gasteiger partial charge in [-0.2, -0.15) is 0 Å². The molecule has 1 saturated heterocycles. The molecule has 1 atom stereocenters. The third-order valence-corrected chi connectivity index (χ3v) is 5.58. The van der Waals surface area contributed by atoms with Gasteiger partial charge in [-0.25, -0.2) is 4.68 Å². The molecule has 8 nitrogen and oxygen atoms in total. The topological polar surface area (TPSA) is 92.6 Å². The molecule has 4 heterocycles. The molecule has 5 rings (SSSR count). The first kappa shape index (κ1) is 17.5. The van der Waals surface area contributed by atoms with Crippen LogP contribution in [0.5, 0.6) is 0 Å². The minimum absolute atomic E-state index is 0.0450. The third-order valence-electron chi connectivity index (χ3n) is 5.58. The number of carbonyl (C=O) groups excluding carboxylic acids is 1. The maximum absolute atomic E-state index is 12.8. The summed E-state index contributed by atoms with van der Waals surface area (Å²) < 4.78 is 1.47. The lowest BCUT2D eigenvalue weighted by Gasteiger charge is -2.33. The van der Waals surface area contributed by atoms with Crippen LogP contribution in [0.2, 0.25) is 0 Å². The highest BCUT2D eigenvalue weighted by Gasteiger charge is 2.28. The van der Waals surface area contributed by atoms with Gasteiger partial charge >= 0.3 is 0 Å². The molecule has 1 aliphatic heterocycles. The summed E-state index contributed by atoms with van der Waals surface area (Å²) in [6.07, 6.45) is 7.13. The Bertz CT molecular complexity index is 1120. The van der Waals surface area contributed by atoms with Crippen LogP contribution in [-0.2, 0) is 11.3 Å².